The number of rotatable bonds is 10. The molecule has 9 heteroatoms. The minimum absolute atomic E-state index is 0.0635. The van der Waals surface area contributed by atoms with Crippen LogP contribution in [0, 0.1) is 0 Å². The van der Waals surface area contributed by atoms with E-state index in [1.807, 2.05) is 13.0 Å². The summed E-state index contributed by atoms with van der Waals surface area (Å²) in [7, 11) is -0.725. The maximum atomic E-state index is 12.7. The zero-order valence-corrected chi connectivity index (χ0v) is 19.4. The smallest absolute Gasteiger partial charge is 0.265 e. The minimum Gasteiger partial charge on any atom is -0.497 e. The highest BCUT2D eigenvalue weighted by Gasteiger charge is 2.21. The first-order valence-electron chi connectivity index (χ1n) is 10.2. The van der Waals surface area contributed by atoms with E-state index in [4.69, 9.17) is 14.2 Å². The van der Waals surface area contributed by atoms with Gasteiger partial charge in [0.05, 0.1) is 19.1 Å². The van der Waals surface area contributed by atoms with E-state index in [1.165, 1.54) is 38.5 Å². The summed E-state index contributed by atoms with van der Waals surface area (Å²) in [5.41, 5.74) is 0.859. The molecule has 1 amide bonds. The molecule has 0 fully saturated rings. The molecule has 2 N–H and O–H groups in total. The summed E-state index contributed by atoms with van der Waals surface area (Å²) in [6, 6.07) is 19.5. The molecule has 0 aliphatic carbocycles. The molecular formula is C24H26N2O6S. The molecule has 0 saturated heterocycles. The standard InChI is InChI=1S/C24H26N2O6S/c1-4-21(32-23-8-6-5-7-22(23)31-3)24(27)25-17-11-15-20(16-12-17)33(28,29)26-18-9-13-19(30-2)14-10-18/h5-16,21,26H,4H2,1-3H3,(H,25,27)/t21-/m0/s1. The molecule has 174 valence electrons. The molecule has 8 nitrogen and oxygen atoms in total. The van der Waals surface area contributed by atoms with Crippen LogP contribution in [0.5, 0.6) is 17.2 Å². The lowest BCUT2D eigenvalue weighted by Gasteiger charge is -2.19. The van der Waals surface area contributed by atoms with Gasteiger partial charge >= 0.3 is 0 Å². The normalized spacial score (nSPS) is 11.8. The van der Waals surface area contributed by atoms with Gasteiger partial charge in [-0.15, -0.1) is 0 Å². The van der Waals surface area contributed by atoms with Crippen LogP contribution < -0.4 is 24.2 Å². The van der Waals surface area contributed by atoms with E-state index in [9.17, 15) is 13.2 Å². The van der Waals surface area contributed by atoms with Gasteiger partial charge in [0.25, 0.3) is 15.9 Å². The fraction of sp³-hybridized carbons (Fsp3) is 0.208. The lowest BCUT2D eigenvalue weighted by atomic mass is 10.2. The third-order valence-corrected chi connectivity index (χ3v) is 6.17. The molecule has 1 atom stereocenters. The van der Waals surface area contributed by atoms with Crippen LogP contribution in [0.4, 0.5) is 11.4 Å². The van der Waals surface area contributed by atoms with E-state index in [-0.39, 0.29) is 10.8 Å². The lowest BCUT2D eigenvalue weighted by molar-refractivity contribution is -0.122. The van der Waals surface area contributed by atoms with Crippen molar-refractivity contribution in [1.29, 1.82) is 0 Å². The number of carbonyl (C=O) groups excluding carboxylic acids is 1. The summed E-state index contributed by atoms with van der Waals surface area (Å²) in [5, 5.41) is 2.76. The van der Waals surface area contributed by atoms with Crippen LogP contribution in [0.1, 0.15) is 13.3 Å². The third-order valence-electron chi connectivity index (χ3n) is 4.78. The number of hydrogen-bond acceptors (Lipinski definition) is 6. The second-order valence-corrected chi connectivity index (χ2v) is 8.70. The van der Waals surface area contributed by atoms with Gasteiger partial charge < -0.3 is 19.5 Å². The number of hydrogen-bond donors (Lipinski definition) is 2. The monoisotopic (exact) mass is 470 g/mol. The Bertz CT molecular complexity index is 1180. The van der Waals surface area contributed by atoms with Crippen LogP contribution in [-0.2, 0) is 14.8 Å². The number of para-hydroxylation sites is 2. The highest BCUT2D eigenvalue weighted by Crippen LogP contribution is 2.28. The maximum Gasteiger partial charge on any atom is 0.265 e. The SMILES string of the molecule is CC[C@H](Oc1ccccc1OC)C(=O)Nc1ccc(S(=O)(=O)Nc2ccc(OC)cc2)cc1. The number of methoxy groups -OCH3 is 2. The largest absolute Gasteiger partial charge is 0.497 e. The van der Waals surface area contributed by atoms with Gasteiger partial charge in [0.2, 0.25) is 0 Å². The third kappa shape index (κ3) is 6.17. The molecular weight excluding hydrogens is 444 g/mol. The first-order valence-corrected chi connectivity index (χ1v) is 11.7. The Morgan fingerprint density at radius 3 is 2.03 bits per heavy atom. The molecule has 0 aromatic heterocycles. The fourth-order valence-corrected chi connectivity index (χ4v) is 4.06. The van der Waals surface area contributed by atoms with Gasteiger partial charge in [0.1, 0.15) is 5.75 Å². The first kappa shape index (κ1) is 23.9. The second kappa shape index (κ2) is 10.7. The van der Waals surface area contributed by atoms with Crippen molar-refractivity contribution in [1.82, 2.24) is 0 Å². The number of benzene rings is 3. The van der Waals surface area contributed by atoms with Crippen molar-refractivity contribution in [2.45, 2.75) is 24.3 Å². The summed E-state index contributed by atoms with van der Waals surface area (Å²) in [6.45, 7) is 1.83. The predicted molar refractivity (Wildman–Crippen MR) is 127 cm³/mol. The van der Waals surface area contributed by atoms with Gasteiger partial charge in [-0.25, -0.2) is 8.42 Å². The molecule has 0 aliphatic rings. The zero-order chi connectivity index (χ0) is 23.8. The average Bonchev–Trinajstić information content (AvgIpc) is 2.83. The number of carbonyl (C=O) groups is 1. The van der Waals surface area contributed by atoms with E-state index < -0.39 is 16.1 Å². The Labute approximate surface area is 193 Å². The van der Waals surface area contributed by atoms with Gasteiger partial charge in [-0.1, -0.05) is 19.1 Å². The van der Waals surface area contributed by atoms with Crippen molar-refractivity contribution in [3.63, 3.8) is 0 Å². The first-order chi connectivity index (χ1) is 15.9. The van der Waals surface area contributed by atoms with Gasteiger partial charge in [-0.3, -0.25) is 9.52 Å². The predicted octanol–water partition coefficient (Wildman–Crippen LogP) is 4.30. The summed E-state index contributed by atoms with van der Waals surface area (Å²) in [4.78, 5) is 12.8. The van der Waals surface area contributed by atoms with Crippen molar-refractivity contribution < 1.29 is 27.4 Å². The molecule has 0 saturated carbocycles. The van der Waals surface area contributed by atoms with E-state index in [2.05, 4.69) is 10.0 Å². The molecule has 3 rings (SSSR count). The van der Waals surface area contributed by atoms with Crippen LogP contribution in [0.2, 0.25) is 0 Å². The van der Waals surface area contributed by atoms with Crippen molar-refractivity contribution in [2.75, 3.05) is 24.3 Å². The zero-order valence-electron chi connectivity index (χ0n) is 18.6. The average molecular weight is 471 g/mol. The van der Waals surface area contributed by atoms with Crippen molar-refractivity contribution in [3.05, 3.63) is 72.8 Å². The highest BCUT2D eigenvalue weighted by molar-refractivity contribution is 7.92. The quantitative estimate of drug-likeness (QED) is 0.458. The molecule has 3 aromatic rings. The van der Waals surface area contributed by atoms with E-state index in [0.717, 1.165) is 0 Å². The van der Waals surface area contributed by atoms with Crippen molar-refractivity contribution in [2.24, 2.45) is 0 Å². The molecule has 0 heterocycles. The Balaban J connectivity index is 1.66. The Hall–Kier alpha value is -3.72. The van der Waals surface area contributed by atoms with E-state index >= 15 is 0 Å². The second-order valence-electron chi connectivity index (χ2n) is 7.01. The summed E-state index contributed by atoms with van der Waals surface area (Å²) in [5.74, 6) is 1.27. The van der Waals surface area contributed by atoms with Crippen LogP contribution >= 0.6 is 0 Å². The Morgan fingerprint density at radius 2 is 1.45 bits per heavy atom. The highest BCUT2D eigenvalue weighted by atomic mass is 32.2. The van der Waals surface area contributed by atoms with Crippen LogP contribution in [0.25, 0.3) is 0 Å². The maximum absolute atomic E-state index is 12.7. The molecule has 0 spiro atoms. The topological polar surface area (TPSA) is 103 Å². The van der Waals surface area contributed by atoms with E-state index in [1.54, 1.807) is 42.5 Å². The lowest BCUT2D eigenvalue weighted by Crippen LogP contribution is -2.32. The molecule has 0 bridgehead atoms. The number of nitrogens with one attached hydrogen (secondary N) is 2. The summed E-state index contributed by atoms with van der Waals surface area (Å²) >= 11 is 0. The number of amides is 1. The van der Waals surface area contributed by atoms with Gasteiger partial charge in [0, 0.05) is 11.4 Å². The minimum atomic E-state index is -3.79. The Morgan fingerprint density at radius 1 is 0.848 bits per heavy atom. The fourth-order valence-electron chi connectivity index (χ4n) is 3.00. The van der Waals surface area contributed by atoms with Crippen molar-refractivity contribution in [3.8, 4) is 17.2 Å². The van der Waals surface area contributed by atoms with Gasteiger partial charge in [0.15, 0.2) is 17.6 Å². The Kier molecular flexibility index (Phi) is 7.78. The van der Waals surface area contributed by atoms with Crippen LogP contribution in [0.3, 0.4) is 0 Å². The molecule has 3 aromatic carbocycles. The van der Waals surface area contributed by atoms with Gasteiger partial charge in [-0.05, 0) is 67.1 Å². The van der Waals surface area contributed by atoms with Crippen molar-refractivity contribution >= 4 is 27.3 Å². The molecule has 33 heavy (non-hydrogen) atoms. The number of anilines is 2. The summed E-state index contributed by atoms with van der Waals surface area (Å²) in [6.07, 6.45) is -0.316. The molecule has 0 radical (unpaired) electrons. The number of sulfonamides is 1. The number of ether oxygens (including phenoxy) is 3. The van der Waals surface area contributed by atoms with Crippen LogP contribution in [0.15, 0.2) is 77.7 Å². The van der Waals surface area contributed by atoms with E-state index in [0.29, 0.717) is 35.0 Å². The van der Waals surface area contributed by atoms with Gasteiger partial charge in [-0.2, -0.15) is 0 Å². The molecule has 0 unspecified atom stereocenters. The van der Waals surface area contributed by atoms with Crippen LogP contribution in [-0.4, -0.2) is 34.6 Å². The summed E-state index contributed by atoms with van der Waals surface area (Å²) < 4.78 is 44.0. The molecule has 0 aliphatic heterocycles.